The fraction of sp³-hybridized carbons (Fsp3) is 0.133. The Morgan fingerprint density at radius 2 is 1.74 bits per heavy atom. The van der Waals surface area contributed by atoms with E-state index in [-0.39, 0.29) is 10.6 Å². The molecule has 0 bridgehead atoms. The summed E-state index contributed by atoms with van der Waals surface area (Å²) in [6.45, 7) is 0. The number of carboxylic acids is 1. The maximum Gasteiger partial charge on any atom is 0.573 e. The lowest BCUT2D eigenvalue weighted by Crippen LogP contribution is -2.17. The van der Waals surface area contributed by atoms with Crippen LogP contribution in [0.5, 0.6) is 5.75 Å². The summed E-state index contributed by atoms with van der Waals surface area (Å²) in [6, 6.07) is 8.96. The number of hydrogen-bond donors (Lipinski definition) is 2. The van der Waals surface area contributed by atoms with E-state index in [9.17, 15) is 23.1 Å². The van der Waals surface area contributed by atoms with Crippen LogP contribution >= 0.6 is 11.6 Å². The molecule has 0 heterocycles. The van der Waals surface area contributed by atoms with Gasteiger partial charge in [-0.15, -0.1) is 13.2 Å². The van der Waals surface area contributed by atoms with Gasteiger partial charge in [0.15, 0.2) is 6.10 Å². The zero-order valence-corrected chi connectivity index (χ0v) is 12.1. The average molecular weight is 347 g/mol. The molecule has 2 N–H and O–H groups in total. The molecule has 8 heteroatoms. The van der Waals surface area contributed by atoms with Crippen LogP contribution in [0.3, 0.4) is 0 Å². The summed E-state index contributed by atoms with van der Waals surface area (Å²) >= 11 is 5.87. The third kappa shape index (κ3) is 4.37. The number of halogens is 4. The minimum Gasteiger partial charge on any atom is -0.479 e. The van der Waals surface area contributed by atoms with Crippen LogP contribution < -0.4 is 4.74 Å². The maximum absolute atomic E-state index is 12.1. The summed E-state index contributed by atoms with van der Waals surface area (Å²) < 4.78 is 40.2. The predicted molar refractivity (Wildman–Crippen MR) is 76.2 cm³/mol. The third-order valence-corrected chi connectivity index (χ3v) is 3.18. The lowest BCUT2D eigenvalue weighted by atomic mass is 9.96. The zero-order valence-electron chi connectivity index (χ0n) is 11.3. The minimum absolute atomic E-state index is 0.0754. The van der Waals surface area contributed by atoms with E-state index >= 15 is 0 Å². The highest BCUT2D eigenvalue weighted by atomic mass is 35.5. The van der Waals surface area contributed by atoms with Gasteiger partial charge in [-0.05, 0) is 41.0 Å². The minimum atomic E-state index is -4.80. The Kier molecular flexibility index (Phi) is 4.82. The van der Waals surface area contributed by atoms with E-state index < -0.39 is 24.2 Å². The number of carboxylic acid groups (broad SMARTS) is 1. The Bertz CT molecular complexity index is 714. The van der Waals surface area contributed by atoms with Crippen molar-refractivity contribution < 1.29 is 32.9 Å². The number of carbonyl (C=O) groups is 1. The van der Waals surface area contributed by atoms with Crippen molar-refractivity contribution in [2.75, 3.05) is 0 Å². The van der Waals surface area contributed by atoms with E-state index in [0.717, 1.165) is 12.1 Å². The van der Waals surface area contributed by atoms with Crippen molar-refractivity contribution >= 4 is 17.6 Å². The summed E-state index contributed by atoms with van der Waals surface area (Å²) in [7, 11) is 0. The fourth-order valence-corrected chi connectivity index (χ4v) is 2.16. The van der Waals surface area contributed by atoms with Gasteiger partial charge in [0, 0.05) is 5.02 Å². The Morgan fingerprint density at radius 1 is 1.13 bits per heavy atom. The molecule has 0 aliphatic heterocycles. The normalized spacial score (nSPS) is 12.7. The molecule has 2 aromatic rings. The average Bonchev–Trinajstić information content (AvgIpc) is 2.45. The molecule has 0 amide bonds. The van der Waals surface area contributed by atoms with Crippen molar-refractivity contribution in [3.8, 4) is 16.9 Å². The molecule has 0 saturated heterocycles. The Balaban J connectivity index is 2.41. The van der Waals surface area contributed by atoms with E-state index in [0.29, 0.717) is 11.1 Å². The van der Waals surface area contributed by atoms with Gasteiger partial charge in [-0.25, -0.2) is 4.79 Å². The summed E-state index contributed by atoms with van der Waals surface area (Å²) in [4.78, 5) is 11.0. The van der Waals surface area contributed by atoms with Crippen molar-refractivity contribution in [2.24, 2.45) is 0 Å². The van der Waals surface area contributed by atoms with Crippen LogP contribution in [0.2, 0.25) is 5.02 Å². The summed E-state index contributed by atoms with van der Waals surface area (Å²) in [5.41, 5.74) is 0.759. The first-order valence-corrected chi connectivity index (χ1v) is 6.61. The SMILES string of the molecule is O=C(O)C(O)c1ccc(Cl)cc1-c1ccc(OC(F)(F)F)cc1. The van der Waals surface area contributed by atoms with Crippen molar-refractivity contribution in [1.82, 2.24) is 0 Å². The van der Waals surface area contributed by atoms with E-state index in [1.807, 2.05) is 0 Å². The van der Waals surface area contributed by atoms with Crippen molar-refractivity contribution in [3.63, 3.8) is 0 Å². The monoisotopic (exact) mass is 346 g/mol. The van der Waals surface area contributed by atoms with Gasteiger partial charge in [-0.1, -0.05) is 29.8 Å². The fourth-order valence-electron chi connectivity index (χ4n) is 1.99. The number of aliphatic hydroxyl groups excluding tert-OH is 1. The number of aliphatic hydroxyl groups is 1. The summed E-state index contributed by atoms with van der Waals surface area (Å²) in [5, 5.41) is 18.9. The maximum atomic E-state index is 12.1. The third-order valence-electron chi connectivity index (χ3n) is 2.94. The molecular weight excluding hydrogens is 337 g/mol. The first-order valence-electron chi connectivity index (χ1n) is 6.24. The standard InChI is InChI=1S/C15H10ClF3O4/c16-9-3-6-11(13(20)14(21)22)12(7-9)8-1-4-10(5-2-8)23-15(17,18)19/h1-7,13,20H,(H,21,22). The molecule has 0 aliphatic rings. The van der Waals surface area contributed by atoms with Crippen molar-refractivity contribution in [3.05, 3.63) is 53.1 Å². The quantitative estimate of drug-likeness (QED) is 0.877. The van der Waals surface area contributed by atoms with Gasteiger partial charge in [0.1, 0.15) is 5.75 Å². The van der Waals surface area contributed by atoms with Crippen molar-refractivity contribution in [1.29, 1.82) is 0 Å². The molecule has 0 radical (unpaired) electrons. The van der Waals surface area contributed by atoms with Crippen LogP contribution in [0.1, 0.15) is 11.7 Å². The van der Waals surface area contributed by atoms with Crippen LogP contribution in [0.15, 0.2) is 42.5 Å². The molecule has 1 unspecified atom stereocenters. The Morgan fingerprint density at radius 3 is 2.26 bits per heavy atom. The molecule has 23 heavy (non-hydrogen) atoms. The van der Waals surface area contributed by atoms with Gasteiger partial charge in [0.2, 0.25) is 0 Å². The van der Waals surface area contributed by atoms with E-state index in [1.54, 1.807) is 0 Å². The first-order chi connectivity index (χ1) is 10.7. The highest BCUT2D eigenvalue weighted by molar-refractivity contribution is 6.30. The van der Waals surface area contributed by atoms with Crippen LogP contribution in [0, 0.1) is 0 Å². The topological polar surface area (TPSA) is 66.8 Å². The Hall–Kier alpha value is -2.25. The molecule has 4 nitrogen and oxygen atoms in total. The van der Waals surface area contributed by atoms with Gasteiger partial charge < -0.3 is 14.9 Å². The van der Waals surface area contributed by atoms with Gasteiger partial charge in [0.05, 0.1) is 0 Å². The van der Waals surface area contributed by atoms with E-state index in [2.05, 4.69) is 4.74 Å². The molecule has 0 aliphatic carbocycles. The molecule has 0 aromatic heterocycles. The van der Waals surface area contributed by atoms with Crippen LogP contribution in [-0.4, -0.2) is 22.5 Å². The molecule has 2 aromatic carbocycles. The van der Waals surface area contributed by atoms with Gasteiger partial charge >= 0.3 is 12.3 Å². The molecule has 122 valence electrons. The largest absolute Gasteiger partial charge is 0.573 e. The van der Waals surface area contributed by atoms with Crippen LogP contribution in [0.25, 0.3) is 11.1 Å². The Labute approximate surface area is 133 Å². The van der Waals surface area contributed by atoms with E-state index in [1.165, 1.54) is 30.3 Å². The first kappa shape index (κ1) is 17.1. The second-order valence-corrected chi connectivity index (χ2v) is 4.98. The summed E-state index contributed by atoms with van der Waals surface area (Å²) in [5.74, 6) is -1.87. The van der Waals surface area contributed by atoms with Gasteiger partial charge in [-0.2, -0.15) is 0 Å². The van der Waals surface area contributed by atoms with Crippen molar-refractivity contribution in [2.45, 2.75) is 12.5 Å². The highest BCUT2D eigenvalue weighted by Gasteiger charge is 2.31. The number of alkyl halides is 3. The molecule has 0 saturated carbocycles. The molecule has 0 spiro atoms. The number of benzene rings is 2. The zero-order chi connectivity index (χ0) is 17.2. The number of rotatable bonds is 4. The highest BCUT2D eigenvalue weighted by Crippen LogP contribution is 2.33. The smallest absolute Gasteiger partial charge is 0.479 e. The predicted octanol–water partition coefficient (Wildman–Crippen LogP) is 4.02. The molecule has 2 rings (SSSR count). The summed E-state index contributed by atoms with van der Waals surface area (Å²) in [6.07, 6.45) is -6.59. The van der Waals surface area contributed by atoms with Gasteiger partial charge in [0.25, 0.3) is 0 Å². The number of ether oxygens (including phenoxy) is 1. The lowest BCUT2D eigenvalue weighted by molar-refractivity contribution is -0.274. The second kappa shape index (κ2) is 6.47. The molecule has 0 fully saturated rings. The van der Waals surface area contributed by atoms with Crippen LogP contribution in [0.4, 0.5) is 13.2 Å². The molecular formula is C15H10ClF3O4. The number of hydrogen-bond acceptors (Lipinski definition) is 3. The second-order valence-electron chi connectivity index (χ2n) is 4.54. The van der Waals surface area contributed by atoms with Gasteiger partial charge in [-0.3, -0.25) is 0 Å². The number of aliphatic carboxylic acids is 1. The lowest BCUT2D eigenvalue weighted by Gasteiger charge is -2.14. The molecule has 1 atom stereocenters. The van der Waals surface area contributed by atoms with E-state index in [4.69, 9.17) is 16.7 Å². The van der Waals surface area contributed by atoms with Crippen LogP contribution in [-0.2, 0) is 4.79 Å².